The Morgan fingerprint density at radius 3 is 1.35 bits per heavy atom. The molecule has 3 saturated heterocycles. The van der Waals surface area contributed by atoms with Crippen LogP contribution in [0.25, 0.3) is 0 Å². The van der Waals surface area contributed by atoms with Crippen LogP contribution in [0.2, 0.25) is 0 Å². The minimum absolute atomic E-state index is 0.231. The van der Waals surface area contributed by atoms with Crippen LogP contribution in [0.4, 0.5) is 0 Å². The summed E-state index contributed by atoms with van der Waals surface area (Å²) in [6.45, 7) is 1.65. The van der Waals surface area contributed by atoms with E-state index in [1.165, 1.54) is 109 Å². The Hall–Kier alpha value is -1.99. The van der Waals surface area contributed by atoms with Crippen LogP contribution in [-0.2, 0) is 33.2 Å². The van der Waals surface area contributed by atoms with Crippen molar-refractivity contribution in [2.24, 2.45) is 0 Å². The van der Waals surface area contributed by atoms with E-state index in [4.69, 9.17) is 28.4 Å². The molecule has 3 heterocycles. The molecule has 0 saturated carbocycles. The van der Waals surface area contributed by atoms with Gasteiger partial charge in [0.05, 0.1) is 38.6 Å². The zero-order chi connectivity index (χ0) is 57.6. The number of hydrogen-bond donors (Lipinski definition) is 12. The summed E-state index contributed by atoms with van der Waals surface area (Å²) in [6, 6.07) is -0.901. The Morgan fingerprint density at radius 1 is 0.468 bits per heavy atom. The van der Waals surface area contributed by atoms with E-state index in [1.807, 2.05) is 0 Å². The van der Waals surface area contributed by atoms with E-state index < -0.39 is 124 Å². The van der Waals surface area contributed by atoms with Crippen molar-refractivity contribution in [3.63, 3.8) is 0 Å². The molecule has 3 aliphatic heterocycles. The van der Waals surface area contributed by atoms with Crippen molar-refractivity contribution in [2.45, 2.75) is 311 Å². The van der Waals surface area contributed by atoms with Gasteiger partial charge in [0.2, 0.25) is 5.91 Å². The first-order valence-corrected chi connectivity index (χ1v) is 30.7. The molecule has 3 rings (SSSR count). The van der Waals surface area contributed by atoms with E-state index in [1.54, 1.807) is 0 Å². The molecule has 0 spiro atoms. The minimum atomic E-state index is -1.97. The highest BCUT2D eigenvalue weighted by Crippen LogP contribution is 2.33. The number of allylic oxidation sites excluding steroid dienone is 6. The molecule has 19 heteroatoms. The second-order valence-corrected chi connectivity index (χ2v) is 22.1. The van der Waals surface area contributed by atoms with E-state index in [9.17, 15) is 61.0 Å². The average molecular weight is 1130 g/mol. The first kappa shape index (κ1) is 71.3. The van der Waals surface area contributed by atoms with Crippen LogP contribution in [0.1, 0.15) is 206 Å². The molecule has 0 aliphatic carbocycles. The van der Waals surface area contributed by atoms with Crippen LogP contribution in [0, 0.1) is 0 Å². The Labute approximate surface area is 472 Å². The first-order valence-electron chi connectivity index (χ1n) is 30.7. The van der Waals surface area contributed by atoms with Crippen molar-refractivity contribution in [1.82, 2.24) is 5.32 Å². The topological polar surface area (TPSA) is 307 Å². The molecule has 0 aromatic heterocycles. The molecule has 0 radical (unpaired) electrons. The van der Waals surface area contributed by atoms with E-state index in [0.29, 0.717) is 12.8 Å². The van der Waals surface area contributed by atoms with Gasteiger partial charge in [-0.2, -0.15) is 0 Å². The van der Waals surface area contributed by atoms with Gasteiger partial charge in [0.15, 0.2) is 18.9 Å². The summed E-state index contributed by atoms with van der Waals surface area (Å²) < 4.78 is 34.3. The van der Waals surface area contributed by atoms with Gasteiger partial charge in [0, 0.05) is 6.42 Å². The maximum atomic E-state index is 13.3. The predicted molar refractivity (Wildman–Crippen MR) is 300 cm³/mol. The summed E-state index contributed by atoms with van der Waals surface area (Å²) in [6.07, 6.45) is 19.5. The molecule has 0 bridgehead atoms. The summed E-state index contributed by atoms with van der Waals surface area (Å²) in [7, 11) is 0. The Kier molecular flexibility index (Phi) is 39.4. The average Bonchev–Trinajstić information content (AvgIpc) is 3.55. The van der Waals surface area contributed by atoms with Crippen molar-refractivity contribution in [3.05, 3.63) is 36.5 Å². The Balaban J connectivity index is 1.48. The van der Waals surface area contributed by atoms with Crippen molar-refractivity contribution < 1.29 is 89.4 Å². The third-order valence-electron chi connectivity index (χ3n) is 15.5. The van der Waals surface area contributed by atoms with E-state index in [0.717, 1.165) is 64.2 Å². The van der Waals surface area contributed by atoms with Gasteiger partial charge in [0.25, 0.3) is 0 Å². The number of ether oxygens (including phenoxy) is 6. The fourth-order valence-electron chi connectivity index (χ4n) is 10.4. The van der Waals surface area contributed by atoms with Gasteiger partial charge in [-0.25, -0.2) is 0 Å². The van der Waals surface area contributed by atoms with Crippen molar-refractivity contribution >= 4 is 5.91 Å². The number of unbranched alkanes of at least 4 members (excludes halogenated alkanes) is 23. The highest BCUT2D eigenvalue weighted by Gasteiger charge is 2.53. The first-order chi connectivity index (χ1) is 38.3. The normalized spacial score (nSPS) is 30.5. The molecule has 462 valence electrons. The molecular formula is C60H109NO18. The molecule has 0 aromatic rings. The maximum absolute atomic E-state index is 13.3. The van der Waals surface area contributed by atoms with Crippen LogP contribution in [0.5, 0.6) is 0 Å². The summed E-state index contributed by atoms with van der Waals surface area (Å²) >= 11 is 0. The molecule has 3 aliphatic rings. The van der Waals surface area contributed by atoms with Gasteiger partial charge < -0.3 is 89.9 Å². The fourth-order valence-corrected chi connectivity index (χ4v) is 10.4. The lowest BCUT2D eigenvalue weighted by molar-refractivity contribution is -0.379. The Bertz CT molecular complexity index is 1590. The number of hydrogen-bond acceptors (Lipinski definition) is 18. The second kappa shape index (κ2) is 43.6. The fraction of sp³-hybridized carbons (Fsp3) is 0.883. The maximum Gasteiger partial charge on any atom is 0.220 e. The summed E-state index contributed by atoms with van der Waals surface area (Å²) in [5.41, 5.74) is 0. The SMILES string of the molecule is CC/C=C\C/C=C\C/C=C\CCCCCC(=O)NC(COC1OC(CO)C(OC2OC(CO)C(OC3OC(CO)C(O)C(O)C3O)C(O)C2O)C(O)C1O)C(O)CCCCCCCCCCCCCCCCCCCCCCC. The molecule has 17 unspecified atom stereocenters. The molecule has 3 fully saturated rings. The summed E-state index contributed by atoms with van der Waals surface area (Å²) in [4.78, 5) is 13.3. The predicted octanol–water partition coefficient (Wildman–Crippen LogP) is 5.71. The van der Waals surface area contributed by atoms with Crippen LogP contribution in [0.3, 0.4) is 0 Å². The molecule has 12 N–H and O–H groups in total. The number of aliphatic hydroxyl groups excluding tert-OH is 11. The van der Waals surface area contributed by atoms with Crippen LogP contribution >= 0.6 is 0 Å². The largest absolute Gasteiger partial charge is 0.394 e. The third kappa shape index (κ3) is 27.5. The number of carbonyl (C=O) groups excluding carboxylic acids is 1. The highest BCUT2D eigenvalue weighted by atomic mass is 16.8. The molecule has 0 aromatic carbocycles. The number of aliphatic hydroxyl groups is 11. The number of amides is 1. The quantitative estimate of drug-likeness (QED) is 0.0257. The molecule has 17 atom stereocenters. The number of nitrogens with one attached hydrogen (secondary N) is 1. The lowest BCUT2D eigenvalue weighted by Gasteiger charge is -2.48. The van der Waals surface area contributed by atoms with Gasteiger partial charge in [-0.1, -0.05) is 192 Å². The van der Waals surface area contributed by atoms with E-state index in [2.05, 4.69) is 55.6 Å². The van der Waals surface area contributed by atoms with Crippen molar-refractivity contribution in [3.8, 4) is 0 Å². The van der Waals surface area contributed by atoms with Gasteiger partial charge in [-0.05, 0) is 44.9 Å². The third-order valence-corrected chi connectivity index (χ3v) is 15.5. The van der Waals surface area contributed by atoms with E-state index >= 15 is 0 Å². The smallest absolute Gasteiger partial charge is 0.220 e. The molecular weight excluding hydrogens is 1020 g/mol. The van der Waals surface area contributed by atoms with Crippen LogP contribution in [-0.4, -0.2) is 193 Å². The highest BCUT2D eigenvalue weighted by molar-refractivity contribution is 5.76. The zero-order valence-corrected chi connectivity index (χ0v) is 48.1. The van der Waals surface area contributed by atoms with Crippen molar-refractivity contribution in [1.29, 1.82) is 0 Å². The Morgan fingerprint density at radius 2 is 0.873 bits per heavy atom. The lowest BCUT2D eigenvalue weighted by atomic mass is 9.96. The molecule has 19 nitrogen and oxygen atoms in total. The second-order valence-electron chi connectivity index (χ2n) is 22.1. The number of rotatable bonds is 45. The number of carbonyl (C=O) groups is 1. The summed E-state index contributed by atoms with van der Waals surface area (Å²) in [5, 5.41) is 120. The van der Waals surface area contributed by atoms with Gasteiger partial charge in [-0.15, -0.1) is 0 Å². The van der Waals surface area contributed by atoms with E-state index in [-0.39, 0.29) is 18.9 Å². The molecule has 79 heavy (non-hydrogen) atoms. The van der Waals surface area contributed by atoms with Gasteiger partial charge in [0.1, 0.15) is 73.2 Å². The molecule has 1 amide bonds. The minimum Gasteiger partial charge on any atom is -0.394 e. The van der Waals surface area contributed by atoms with Gasteiger partial charge >= 0.3 is 0 Å². The summed E-state index contributed by atoms with van der Waals surface area (Å²) in [5.74, 6) is -0.272. The lowest BCUT2D eigenvalue weighted by Crippen LogP contribution is -2.66. The standard InChI is InChI=1S/C60H109NO18/c1-3-5-7-9-11-13-15-17-18-19-20-21-22-23-24-26-27-29-31-33-35-37-44(65)43(61-48(66)38-36-34-32-30-28-25-16-14-12-10-8-6-4-2)42-74-58-54(72)51(69)56(46(40-63)76-58)79-60-55(73)52(70)57(47(41-64)77-60)78-59-53(71)50(68)49(67)45(39-62)75-59/h6,8,12,14,25,28,43-47,49-60,62-65,67-73H,3-5,7,9-11,13,15-24,26-27,29-42H2,1-2H3,(H,61,66)/b8-6-,14-12-,28-25-. The van der Waals surface area contributed by atoms with Gasteiger partial charge in [-0.3, -0.25) is 4.79 Å². The van der Waals surface area contributed by atoms with Crippen LogP contribution in [0.15, 0.2) is 36.5 Å². The monoisotopic (exact) mass is 1130 g/mol. The zero-order valence-electron chi connectivity index (χ0n) is 48.1. The van der Waals surface area contributed by atoms with Crippen LogP contribution < -0.4 is 5.32 Å². The van der Waals surface area contributed by atoms with Crippen molar-refractivity contribution in [2.75, 3.05) is 26.4 Å².